The molecule has 0 fully saturated rings. The Morgan fingerprint density at radius 3 is 2.09 bits per heavy atom. The van der Waals surface area contributed by atoms with Crippen molar-refractivity contribution in [1.82, 2.24) is 0 Å². The number of esters is 2. The van der Waals surface area contributed by atoms with E-state index < -0.39 is 41.3 Å². The summed E-state index contributed by atoms with van der Waals surface area (Å²) >= 11 is 0. The predicted molar refractivity (Wildman–Crippen MR) is 74.7 cm³/mol. The Bertz CT molecular complexity index is 444. The molecule has 0 bridgehead atoms. The number of carbonyl (C=O) groups excluding carboxylic acids is 2. The molecule has 0 heterocycles. The van der Waals surface area contributed by atoms with Crippen molar-refractivity contribution in [2.45, 2.75) is 39.7 Å². The van der Waals surface area contributed by atoms with E-state index in [0.717, 1.165) is 0 Å². The molecular weight excluding hydrogens is 296 g/mol. The summed E-state index contributed by atoms with van der Waals surface area (Å²) in [5, 5.41) is 9.21. The molecule has 0 aliphatic rings. The van der Waals surface area contributed by atoms with Crippen molar-refractivity contribution in [3.05, 3.63) is 11.3 Å². The molecule has 0 aliphatic heterocycles. The van der Waals surface area contributed by atoms with Crippen molar-refractivity contribution >= 4 is 17.9 Å². The normalized spacial score (nSPS) is 12.2. The molecule has 0 atom stereocenters. The molecule has 0 aromatic heterocycles. The van der Waals surface area contributed by atoms with Crippen molar-refractivity contribution in [1.29, 1.82) is 0 Å². The molecule has 0 amide bonds. The van der Waals surface area contributed by atoms with Gasteiger partial charge in [0.15, 0.2) is 6.79 Å². The molecule has 0 aliphatic carbocycles. The van der Waals surface area contributed by atoms with Gasteiger partial charge in [0.25, 0.3) is 0 Å². The molecule has 0 saturated carbocycles. The van der Waals surface area contributed by atoms with Gasteiger partial charge in [-0.2, -0.15) is 0 Å². The Labute approximate surface area is 129 Å². The largest absolute Gasteiger partial charge is 0.478 e. The Morgan fingerprint density at radius 1 is 1.09 bits per heavy atom. The molecule has 0 aromatic carbocycles. The fourth-order valence-electron chi connectivity index (χ4n) is 1.36. The summed E-state index contributed by atoms with van der Waals surface area (Å²) in [6.45, 7) is 6.14. The molecule has 22 heavy (non-hydrogen) atoms. The van der Waals surface area contributed by atoms with Gasteiger partial charge in [0, 0.05) is 7.11 Å². The highest BCUT2D eigenvalue weighted by atomic mass is 16.7. The first kappa shape index (κ1) is 19.9. The Kier molecular flexibility index (Phi) is 8.18. The maximum atomic E-state index is 11.8. The van der Waals surface area contributed by atoms with Crippen LogP contribution in [0.2, 0.25) is 0 Å². The molecule has 0 unspecified atom stereocenters. The van der Waals surface area contributed by atoms with Crippen LogP contribution in [-0.2, 0) is 33.3 Å². The smallest absolute Gasteiger partial charge is 0.374 e. The molecule has 8 heteroatoms. The number of carboxylic acid groups (broad SMARTS) is 1. The van der Waals surface area contributed by atoms with Gasteiger partial charge in [-0.1, -0.05) is 0 Å². The van der Waals surface area contributed by atoms with Crippen LogP contribution in [-0.4, -0.2) is 49.1 Å². The molecular formula is C14H22O8. The maximum absolute atomic E-state index is 11.8. The average molecular weight is 318 g/mol. The lowest BCUT2D eigenvalue weighted by Crippen LogP contribution is -2.26. The zero-order chi connectivity index (χ0) is 17.3. The fourth-order valence-corrected chi connectivity index (χ4v) is 1.36. The van der Waals surface area contributed by atoms with Gasteiger partial charge in [-0.3, -0.25) is 4.79 Å². The van der Waals surface area contributed by atoms with E-state index in [1.165, 1.54) is 7.11 Å². The van der Waals surface area contributed by atoms with Gasteiger partial charge in [0.05, 0.1) is 18.6 Å². The van der Waals surface area contributed by atoms with Gasteiger partial charge in [0.2, 0.25) is 5.76 Å². The SMILES string of the molecule is CCOC(=O)C(OCOC)=C(CC(=O)OC(C)(C)C)C(=O)O. The molecule has 0 saturated heterocycles. The number of methoxy groups -OCH3 is 1. The summed E-state index contributed by atoms with van der Waals surface area (Å²) in [5.41, 5.74) is -1.33. The monoisotopic (exact) mass is 318 g/mol. The Balaban J connectivity index is 5.42. The lowest BCUT2D eigenvalue weighted by Gasteiger charge is -2.20. The van der Waals surface area contributed by atoms with E-state index in [1.54, 1.807) is 27.7 Å². The standard InChI is InChI=1S/C14H22O8/c1-6-20-13(18)11(21-8-19-5)9(12(16)17)7-10(15)22-14(2,3)4/h6-8H2,1-5H3,(H,16,17). The minimum Gasteiger partial charge on any atom is -0.478 e. The second-order valence-electron chi connectivity index (χ2n) is 5.15. The van der Waals surface area contributed by atoms with Gasteiger partial charge in [0.1, 0.15) is 5.60 Å². The van der Waals surface area contributed by atoms with Crippen LogP contribution < -0.4 is 0 Å². The second kappa shape index (κ2) is 9.04. The highest BCUT2D eigenvalue weighted by Crippen LogP contribution is 2.17. The predicted octanol–water partition coefficient (Wildman–Crippen LogP) is 1.24. The molecule has 0 radical (unpaired) electrons. The third-order valence-electron chi connectivity index (χ3n) is 2.06. The summed E-state index contributed by atoms with van der Waals surface area (Å²) in [6, 6.07) is 0. The molecule has 126 valence electrons. The minimum absolute atomic E-state index is 0.0258. The van der Waals surface area contributed by atoms with E-state index in [-0.39, 0.29) is 13.4 Å². The lowest BCUT2D eigenvalue weighted by atomic mass is 10.1. The first-order valence-electron chi connectivity index (χ1n) is 6.59. The van der Waals surface area contributed by atoms with Crippen LogP contribution in [0.1, 0.15) is 34.1 Å². The summed E-state index contributed by atoms with van der Waals surface area (Å²) < 4.78 is 19.4. The second-order valence-corrected chi connectivity index (χ2v) is 5.15. The van der Waals surface area contributed by atoms with Crippen molar-refractivity contribution < 1.29 is 38.4 Å². The Hall–Kier alpha value is -2.09. The van der Waals surface area contributed by atoms with Crippen LogP contribution in [0.3, 0.4) is 0 Å². The van der Waals surface area contributed by atoms with Crippen LogP contribution in [0.25, 0.3) is 0 Å². The third-order valence-corrected chi connectivity index (χ3v) is 2.06. The lowest BCUT2D eigenvalue weighted by molar-refractivity contribution is -0.155. The molecule has 0 rings (SSSR count). The van der Waals surface area contributed by atoms with Gasteiger partial charge in [-0.15, -0.1) is 0 Å². The number of carboxylic acids is 1. The maximum Gasteiger partial charge on any atom is 0.374 e. The quantitative estimate of drug-likeness (QED) is 0.308. The first-order valence-corrected chi connectivity index (χ1v) is 6.59. The number of carbonyl (C=O) groups is 3. The van der Waals surface area contributed by atoms with Crippen molar-refractivity contribution in [2.75, 3.05) is 20.5 Å². The summed E-state index contributed by atoms with van der Waals surface area (Å²) in [7, 11) is 1.30. The van der Waals surface area contributed by atoms with Crippen LogP contribution in [0, 0.1) is 0 Å². The van der Waals surface area contributed by atoms with Crippen molar-refractivity contribution in [3.8, 4) is 0 Å². The van der Waals surface area contributed by atoms with Crippen LogP contribution >= 0.6 is 0 Å². The van der Waals surface area contributed by atoms with Gasteiger partial charge < -0.3 is 24.1 Å². The number of aliphatic carboxylic acids is 1. The number of hydrogen-bond donors (Lipinski definition) is 1. The number of hydrogen-bond acceptors (Lipinski definition) is 7. The van der Waals surface area contributed by atoms with Crippen LogP contribution in [0.15, 0.2) is 11.3 Å². The fraction of sp³-hybridized carbons (Fsp3) is 0.643. The highest BCUT2D eigenvalue weighted by molar-refractivity contribution is 6.01. The van der Waals surface area contributed by atoms with Crippen LogP contribution in [0.4, 0.5) is 0 Å². The van der Waals surface area contributed by atoms with E-state index in [4.69, 9.17) is 14.2 Å². The summed E-state index contributed by atoms with van der Waals surface area (Å²) in [4.78, 5) is 34.9. The van der Waals surface area contributed by atoms with E-state index in [1.807, 2.05) is 0 Å². The minimum atomic E-state index is -1.48. The molecule has 1 N–H and O–H groups in total. The highest BCUT2D eigenvalue weighted by Gasteiger charge is 2.28. The number of rotatable bonds is 8. The zero-order valence-corrected chi connectivity index (χ0v) is 13.4. The van der Waals surface area contributed by atoms with E-state index in [0.29, 0.717) is 0 Å². The zero-order valence-electron chi connectivity index (χ0n) is 13.4. The van der Waals surface area contributed by atoms with Crippen molar-refractivity contribution in [3.63, 3.8) is 0 Å². The average Bonchev–Trinajstić information content (AvgIpc) is 2.35. The molecule has 8 nitrogen and oxygen atoms in total. The first-order chi connectivity index (χ1) is 10.1. The molecule has 0 aromatic rings. The summed E-state index contributed by atoms with van der Waals surface area (Å²) in [5.74, 6) is -3.85. The third kappa shape index (κ3) is 7.63. The topological polar surface area (TPSA) is 108 Å². The van der Waals surface area contributed by atoms with Gasteiger partial charge >= 0.3 is 17.9 Å². The van der Waals surface area contributed by atoms with E-state index in [9.17, 15) is 19.5 Å². The van der Waals surface area contributed by atoms with Gasteiger partial charge in [-0.25, -0.2) is 9.59 Å². The Morgan fingerprint density at radius 2 is 1.68 bits per heavy atom. The number of ether oxygens (including phenoxy) is 4. The van der Waals surface area contributed by atoms with E-state index >= 15 is 0 Å². The van der Waals surface area contributed by atoms with Crippen molar-refractivity contribution in [2.24, 2.45) is 0 Å². The molecule has 0 spiro atoms. The van der Waals surface area contributed by atoms with E-state index in [2.05, 4.69) is 4.74 Å². The van der Waals surface area contributed by atoms with Crippen LogP contribution in [0.5, 0.6) is 0 Å². The summed E-state index contributed by atoms with van der Waals surface area (Å²) in [6.07, 6.45) is -0.634. The van der Waals surface area contributed by atoms with Gasteiger partial charge in [-0.05, 0) is 27.7 Å².